The fraction of sp³-hybridized carbons (Fsp3) is 0.455. The third kappa shape index (κ3) is 1.74. The zero-order chi connectivity index (χ0) is 9.38. The standard InChI is InChI=1S/C11H12O3/c1-2-4-8(5-3-1)12-7-10-11(14-10)9-6-13-9/h1-5,9-11H,6-7H2. The van der Waals surface area contributed by atoms with Crippen LogP contribution in [0.4, 0.5) is 0 Å². The van der Waals surface area contributed by atoms with Crippen LogP contribution in [-0.2, 0) is 9.47 Å². The van der Waals surface area contributed by atoms with Gasteiger partial charge in [-0.05, 0) is 12.1 Å². The summed E-state index contributed by atoms with van der Waals surface area (Å²) in [5.74, 6) is 0.901. The molecule has 74 valence electrons. The highest BCUT2D eigenvalue weighted by Gasteiger charge is 2.51. The minimum atomic E-state index is 0.239. The topological polar surface area (TPSA) is 34.3 Å². The van der Waals surface area contributed by atoms with Gasteiger partial charge in [-0.1, -0.05) is 18.2 Å². The van der Waals surface area contributed by atoms with Crippen molar-refractivity contribution in [3.8, 4) is 5.75 Å². The molecule has 0 radical (unpaired) electrons. The van der Waals surface area contributed by atoms with Crippen LogP contribution in [0.15, 0.2) is 30.3 Å². The number of ether oxygens (including phenoxy) is 3. The summed E-state index contributed by atoms with van der Waals surface area (Å²) >= 11 is 0. The maximum Gasteiger partial charge on any atom is 0.121 e. The van der Waals surface area contributed by atoms with Gasteiger partial charge in [-0.3, -0.25) is 0 Å². The molecule has 3 atom stereocenters. The summed E-state index contributed by atoms with van der Waals surface area (Å²) in [7, 11) is 0. The van der Waals surface area contributed by atoms with Crippen LogP contribution in [0.2, 0.25) is 0 Å². The number of hydrogen-bond acceptors (Lipinski definition) is 3. The second kappa shape index (κ2) is 3.26. The van der Waals surface area contributed by atoms with Crippen LogP contribution < -0.4 is 4.74 Å². The Hall–Kier alpha value is -1.06. The number of epoxide rings is 2. The molecule has 0 aliphatic carbocycles. The molecule has 2 heterocycles. The maximum atomic E-state index is 5.56. The average Bonchev–Trinajstić information content (AvgIpc) is 3.09. The molecule has 1 aromatic rings. The Morgan fingerprint density at radius 3 is 2.79 bits per heavy atom. The predicted molar refractivity (Wildman–Crippen MR) is 50.3 cm³/mol. The number of rotatable bonds is 4. The van der Waals surface area contributed by atoms with E-state index in [2.05, 4.69) is 0 Å². The Bertz CT molecular complexity index is 308. The quantitative estimate of drug-likeness (QED) is 0.673. The summed E-state index contributed by atoms with van der Waals surface area (Å²) in [5.41, 5.74) is 0. The summed E-state index contributed by atoms with van der Waals surface area (Å²) in [4.78, 5) is 0. The van der Waals surface area contributed by atoms with E-state index < -0.39 is 0 Å². The highest BCUT2D eigenvalue weighted by atomic mass is 16.7. The Kier molecular flexibility index (Phi) is 1.92. The van der Waals surface area contributed by atoms with Crippen molar-refractivity contribution in [2.75, 3.05) is 13.2 Å². The monoisotopic (exact) mass is 192 g/mol. The second-order valence-electron chi connectivity index (χ2n) is 3.63. The molecule has 1 aromatic carbocycles. The van der Waals surface area contributed by atoms with Gasteiger partial charge in [-0.25, -0.2) is 0 Å². The van der Waals surface area contributed by atoms with Gasteiger partial charge in [0.05, 0.1) is 6.61 Å². The van der Waals surface area contributed by atoms with Crippen LogP contribution in [0.1, 0.15) is 0 Å². The van der Waals surface area contributed by atoms with Crippen LogP contribution in [0.5, 0.6) is 5.75 Å². The molecule has 2 aliphatic rings. The summed E-state index contributed by atoms with van der Waals surface area (Å²) < 4.78 is 16.1. The van der Waals surface area contributed by atoms with E-state index in [0.717, 1.165) is 12.4 Å². The molecular formula is C11H12O3. The van der Waals surface area contributed by atoms with Crippen LogP contribution >= 0.6 is 0 Å². The van der Waals surface area contributed by atoms with E-state index in [1.54, 1.807) is 0 Å². The third-order valence-corrected chi connectivity index (χ3v) is 2.50. The van der Waals surface area contributed by atoms with Gasteiger partial charge in [-0.2, -0.15) is 0 Å². The van der Waals surface area contributed by atoms with Gasteiger partial charge in [-0.15, -0.1) is 0 Å². The van der Waals surface area contributed by atoms with Crippen LogP contribution in [-0.4, -0.2) is 31.5 Å². The van der Waals surface area contributed by atoms with Crippen molar-refractivity contribution in [2.24, 2.45) is 0 Å². The lowest BCUT2D eigenvalue weighted by atomic mass is 10.2. The van der Waals surface area contributed by atoms with Crippen molar-refractivity contribution < 1.29 is 14.2 Å². The van der Waals surface area contributed by atoms with E-state index >= 15 is 0 Å². The Morgan fingerprint density at radius 1 is 1.29 bits per heavy atom. The Morgan fingerprint density at radius 2 is 2.07 bits per heavy atom. The van der Waals surface area contributed by atoms with Crippen molar-refractivity contribution in [2.45, 2.75) is 18.3 Å². The first-order valence-corrected chi connectivity index (χ1v) is 4.88. The normalized spacial score (nSPS) is 33.9. The molecular weight excluding hydrogens is 180 g/mol. The van der Waals surface area contributed by atoms with Gasteiger partial charge in [0.25, 0.3) is 0 Å². The predicted octanol–water partition coefficient (Wildman–Crippen LogP) is 1.23. The van der Waals surface area contributed by atoms with Crippen LogP contribution in [0, 0.1) is 0 Å². The Labute approximate surface area is 82.6 Å². The van der Waals surface area contributed by atoms with Crippen LogP contribution in [0.25, 0.3) is 0 Å². The molecule has 14 heavy (non-hydrogen) atoms. The van der Waals surface area contributed by atoms with Gasteiger partial charge >= 0.3 is 0 Å². The lowest BCUT2D eigenvalue weighted by molar-refractivity contribution is 0.256. The molecule has 2 fully saturated rings. The largest absolute Gasteiger partial charge is 0.491 e. The van der Waals surface area contributed by atoms with Crippen molar-refractivity contribution in [1.82, 2.24) is 0 Å². The minimum absolute atomic E-state index is 0.239. The third-order valence-electron chi connectivity index (χ3n) is 2.50. The average molecular weight is 192 g/mol. The fourth-order valence-corrected chi connectivity index (χ4v) is 1.56. The van der Waals surface area contributed by atoms with Gasteiger partial charge in [0.15, 0.2) is 0 Å². The lowest BCUT2D eigenvalue weighted by Crippen LogP contribution is -2.10. The molecule has 0 aromatic heterocycles. The van der Waals surface area contributed by atoms with Crippen molar-refractivity contribution in [3.63, 3.8) is 0 Å². The zero-order valence-electron chi connectivity index (χ0n) is 7.76. The van der Waals surface area contributed by atoms with Crippen molar-refractivity contribution >= 4 is 0 Å². The maximum absolute atomic E-state index is 5.56. The first kappa shape index (κ1) is 8.26. The molecule has 2 aliphatic heterocycles. The molecule has 0 bridgehead atoms. The summed E-state index contributed by atoms with van der Waals surface area (Å²) in [6.07, 6.45) is 0.876. The molecule has 3 rings (SSSR count). The number of hydrogen-bond donors (Lipinski definition) is 0. The highest BCUT2D eigenvalue weighted by Crippen LogP contribution is 2.33. The summed E-state index contributed by atoms with van der Waals surface area (Å²) in [5, 5.41) is 0. The Balaban J connectivity index is 1.47. The molecule has 3 nitrogen and oxygen atoms in total. The lowest BCUT2D eigenvalue weighted by Gasteiger charge is -2.02. The zero-order valence-corrected chi connectivity index (χ0v) is 7.76. The molecule has 0 spiro atoms. The van der Waals surface area contributed by atoms with E-state index in [1.165, 1.54) is 0 Å². The first-order valence-electron chi connectivity index (χ1n) is 4.88. The number of benzene rings is 1. The molecule has 0 N–H and O–H groups in total. The summed E-state index contributed by atoms with van der Waals surface area (Å²) in [6, 6.07) is 9.80. The molecule has 3 heteroatoms. The second-order valence-corrected chi connectivity index (χ2v) is 3.63. The van der Waals surface area contributed by atoms with E-state index in [0.29, 0.717) is 18.8 Å². The van der Waals surface area contributed by atoms with E-state index in [-0.39, 0.29) is 6.10 Å². The molecule has 0 saturated carbocycles. The molecule has 3 unspecified atom stereocenters. The fourth-order valence-electron chi connectivity index (χ4n) is 1.56. The highest BCUT2D eigenvalue weighted by molar-refractivity contribution is 5.21. The van der Waals surface area contributed by atoms with Crippen molar-refractivity contribution in [1.29, 1.82) is 0 Å². The van der Waals surface area contributed by atoms with Crippen molar-refractivity contribution in [3.05, 3.63) is 30.3 Å². The molecule has 2 saturated heterocycles. The first-order chi connectivity index (χ1) is 6.93. The van der Waals surface area contributed by atoms with E-state index in [4.69, 9.17) is 14.2 Å². The van der Waals surface area contributed by atoms with Gasteiger partial charge in [0.2, 0.25) is 0 Å². The van der Waals surface area contributed by atoms with Gasteiger partial charge < -0.3 is 14.2 Å². The minimum Gasteiger partial charge on any atom is -0.491 e. The van der Waals surface area contributed by atoms with Crippen LogP contribution in [0.3, 0.4) is 0 Å². The number of para-hydroxylation sites is 1. The van der Waals surface area contributed by atoms with Gasteiger partial charge in [0.1, 0.15) is 30.7 Å². The SMILES string of the molecule is c1ccc(OCC2OC2C2CO2)cc1. The smallest absolute Gasteiger partial charge is 0.121 e. The summed E-state index contributed by atoms with van der Waals surface area (Å²) in [6.45, 7) is 1.49. The molecule has 0 amide bonds. The van der Waals surface area contributed by atoms with Gasteiger partial charge in [0, 0.05) is 0 Å². The van der Waals surface area contributed by atoms with E-state index in [1.807, 2.05) is 30.3 Å². The van der Waals surface area contributed by atoms with E-state index in [9.17, 15) is 0 Å².